The number of aromatic nitrogens is 2. The van der Waals surface area contributed by atoms with E-state index in [1.807, 2.05) is 30.3 Å². The van der Waals surface area contributed by atoms with Gasteiger partial charge in [0.05, 0.1) is 5.69 Å². The Morgan fingerprint density at radius 1 is 1.28 bits per heavy atom. The third kappa shape index (κ3) is 2.19. The Kier molecular flexibility index (Phi) is 2.94. The molecular weight excluding hydrogens is 228 g/mol. The van der Waals surface area contributed by atoms with Crippen molar-refractivity contribution >= 4 is 0 Å². The number of rotatable bonds is 2. The van der Waals surface area contributed by atoms with Gasteiger partial charge in [0, 0.05) is 18.2 Å². The zero-order valence-electron chi connectivity index (χ0n) is 9.93. The molecule has 1 N–H and O–H groups in total. The number of nitrogens with zero attached hydrogens (tertiary/aromatic N) is 1. The number of aromatic amines is 1. The molecule has 1 saturated heterocycles. The van der Waals surface area contributed by atoms with E-state index in [1.165, 1.54) is 6.07 Å². The molecule has 0 saturated carbocycles. The van der Waals surface area contributed by atoms with Gasteiger partial charge in [-0.25, -0.2) is 4.98 Å². The van der Waals surface area contributed by atoms with Crippen LogP contribution in [0.3, 0.4) is 0 Å². The number of H-pyrrole nitrogens is 1. The van der Waals surface area contributed by atoms with Crippen LogP contribution in [-0.2, 0) is 4.74 Å². The first-order valence-corrected chi connectivity index (χ1v) is 6.11. The zero-order chi connectivity index (χ0) is 12.4. The molecular formula is C14H14N2O2. The summed E-state index contributed by atoms with van der Waals surface area (Å²) in [6.07, 6.45) is 1.87. The van der Waals surface area contributed by atoms with E-state index in [0.29, 0.717) is 11.5 Å². The third-order valence-corrected chi connectivity index (χ3v) is 3.06. The molecule has 4 nitrogen and oxygen atoms in total. The number of hydrogen-bond acceptors (Lipinski definition) is 3. The highest BCUT2D eigenvalue weighted by molar-refractivity contribution is 5.58. The van der Waals surface area contributed by atoms with Gasteiger partial charge in [-0.15, -0.1) is 0 Å². The molecule has 4 heteroatoms. The Bertz CT molecular complexity index is 586. The summed E-state index contributed by atoms with van der Waals surface area (Å²) in [6.45, 7) is 0.740. The second-order valence-corrected chi connectivity index (χ2v) is 4.38. The molecule has 1 aromatic heterocycles. The second kappa shape index (κ2) is 4.74. The minimum Gasteiger partial charge on any atom is -0.370 e. The minimum absolute atomic E-state index is 0.0682. The monoisotopic (exact) mass is 242 g/mol. The Balaban J connectivity index is 2.03. The van der Waals surface area contributed by atoms with Crippen LogP contribution in [0.1, 0.15) is 24.8 Å². The average molecular weight is 242 g/mol. The molecule has 2 aromatic rings. The lowest BCUT2D eigenvalue weighted by Gasteiger charge is -2.09. The van der Waals surface area contributed by atoms with Crippen molar-refractivity contribution in [3.05, 3.63) is 52.6 Å². The molecule has 3 rings (SSSR count). The van der Waals surface area contributed by atoms with Gasteiger partial charge < -0.3 is 9.72 Å². The molecule has 92 valence electrons. The van der Waals surface area contributed by atoms with Crippen LogP contribution in [0, 0.1) is 0 Å². The highest BCUT2D eigenvalue weighted by Crippen LogP contribution is 2.26. The first-order valence-electron chi connectivity index (χ1n) is 6.11. The van der Waals surface area contributed by atoms with Crippen molar-refractivity contribution < 1.29 is 4.74 Å². The van der Waals surface area contributed by atoms with E-state index >= 15 is 0 Å². The molecule has 1 aromatic carbocycles. The molecule has 1 aliphatic rings. The number of ether oxygens (including phenoxy) is 1. The summed E-state index contributed by atoms with van der Waals surface area (Å²) in [7, 11) is 0. The third-order valence-electron chi connectivity index (χ3n) is 3.06. The molecule has 1 aliphatic heterocycles. The molecule has 1 atom stereocenters. The van der Waals surface area contributed by atoms with E-state index in [2.05, 4.69) is 9.97 Å². The highest BCUT2D eigenvalue weighted by Gasteiger charge is 2.20. The van der Waals surface area contributed by atoms with Gasteiger partial charge in [-0.2, -0.15) is 0 Å². The fourth-order valence-corrected chi connectivity index (χ4v) is 2.18. The van der Waals surface area contributed by atoms with Gasteiger partial charge in [-0.1, -0.05) is 30.3 Å². The van der Waals surface area contributed by atoms with Gasteiger partial charge in [0.15, 0.2) is 0 Å². The quantitative estimate of drug-likeness (QED) is 0.879. The van der Waals surface area contributed by atoms with Crippen molar-refractivity contribution in [2.75, 3.05) is 6.61 Å². The maximum atomic E-state index is 11.7. The van der Waals surface area contributed by atoms with Gasteiger partial charge in [0.1, 0.15) is 11.9 Å². The van der Waals surface area contributed by atoms with Crippen LogP contribution in [0.15, 0.2) is 41.2 Å². The molecule has 0 bridgehead atoms. The molecule has 18 heavy (non-hydrogen) atoms. The summed E-state index contributed by atoms with van der Waals surface area (Å²) in [5.74, 6) is 0.638. The van der Waals surface area contributed by atoms with E-state index < -0.39 is 0 Å². The van der Waals surface area contributed by atoms with Gasteiger partial charge in [0.25, 0.3) is 5.56 Å². The second-order valence-electron chi connectivity index (χ2n) is 4.38. The lowest BCUT2D eigenvalue weighted by molar-refractivity contribution is 0.105. The molecule has 1 fully saturated rings. The first-order chi connectivity index (χ1) is 8.83. The van der Waals surface area contributed by atoms with Crippen LogP contribution in [-0.4, -0.2) is 16.6 Å². The van der Waals surface area contributed by atoms with E-state index in [0.717, 1.165) is 25.0 Å². The van der Waals surface area contributed by atoms with Gasteiger partial charge in [-0.3, -0.25) is 4.79 Å². The summed E-state index contributed by atoms with van der Waals surface area (Å²) in [5.41, 5.74) is 1.52. The number of benzene rings is 1. The summed E-state index contributed by atoms with van der Waals surface area (Å²) in [4.78, 5) is 19.0. The average Bonchev–Trinajstić information content (AvgIpc) is 2.93. The van der Waals surface area contributed by atoms with Crippen molar-refractivity contribution in [1.82, 2.24) is 9.97 Å². The molecule has 0 aliphatic carbocycles. The van der Waals surface area contributed by atoms with Crippen LogP contribution < -0.4 is 5.56 Å². The Hall–Kier alpha value is -1.94. The van der Waals surface area contributed by atoms with Crippen molar-refractivity contribution in [3.63, 3.8) is 0 Å². The summed E-state index contributed by atoms with van der Waals surface area (Å²) in [6, 6.07) is 11.2. The largest absolute Gasteiger partial charge is 0.370 e. The molecule has 2 heterocycles. The van der Waals surface area contributed by atoms with Crippen LogP contribution in [0.5, 0.6) is 0 Å². The van der Waals surface area contributed by atoms with Crippen LogP contribution in [0.25, 0.3) is 11.3 Å². The van der Waals surface area contributed by atoms with E-state index in [4.69, 9.17) is 4.74 Å². The maximum Gasteiger partial charge on any atom is 0.251 e. The lowest BCUT2D eigenvalue weighted by atomic mass is 10.1. The van der Waals surface area contributed by atoms with Crippen molar-refractivity contribution in [1.29, 1.82) is 0 Å². The molecule has 0 amide bonds. The smallest absolute Gasteiger partial charge is 0.251 e. The molecule has 0 spiro atoms. The van der Waals surface area contributed by atoms with Crippen LogP contribution in [0.4, 0.5) is 0 Å². The Morgan fingerprint density at radius 3 is 2.83 bits per heavy atom. The molecule has 1 unspecified atom stereocenters. The topological polar surface area (TPSA) is 55.0 Å². The van der Waals surface area contributed by atoms with Crippen molar-refractivity contribution in [2.24, 2.45) is 0 Å². The van der Waals surface area contributed by atoms with Gasteiger partial charge >= 0.3 is 0 Å². The fourth-order valence-electron chi connectivity index (χ4n) is 2.18. The fraction of sp³-hybridized carbons (Fsp3) is 0.286. The van der Waals surface area contributed by atoms with E-state index in [1.54, 1.807) is 0 Å². The Labute approximate surface area is 105 Å². The van der Waals surface area contributed by atoms with E-state index in [-0.39, 0.29) is 11.7 Å². The van der Waals surface area contributed by atoms with Crippen molar-refractivity contribution in [2.45, 2.75) is 18.9 Å². The van der Waals surface area contributed by atoms with Gasteiger partial charge in [0.2, 0.25) is 0 Å². The predicted molar refractivity (Wildman–Crippen MR) is 68.2 cm³/mol. The van der Waals surface area contributed by atoms with Crippen LogP contribution >= 0.6 is 0 Å². The van der Waals surface area contributed by atoms with Crippen molar-refractivity contribution in [3.8, 4) is 11.3 Å². The maximum absolute atomic E-state index is 11.7. The summed E-state index contributed by atoms with van der Waals surface area (Å²) < 4.78 is 5.55. The van der Waals surface area contributed by atoms with Crippen LogP contribution in [0.2, 0.25) is 0 Å². The van der Waals surface area contributed by atoms with E-state index in [9.17, 15) is 4.79 Å². The molecule has 0 radical (unpaired) electrons. The SMILES string of the molecule is O=c1cc(-c2ccccc2)nc(C2CCCO2)[nH]1. The summed E-state index contributed by atoms with van der Waals surface area (Å²) in [5, 5.41) is 0. The zero-order valence-corrected chi connectivity index (χ0v) is 9.93. The normalized spacial score (nSPS) is 19.0. The first kappa shape index (κ1) is 11.2. The minimum atomic E-state index is -0.130. The Morgan fingerprint density at radius 2 is 2.11 bits per heavy atom. The lowest BCUT2D eigenvalue weighted by Crippen LogP contribution is -2.14. The summed E-state index contributed by atoms with van der Waals surface area (Å²) >= 11 is 0. The number of hydrogen-bond donors (Lipinski definition) is 1. The number of nitrogens with one attached hydrogen (secondary N) is 1. The predicted octanol–water partition coefficient (Wildman–Crippen LogP) is 2.29. The van der Waals surface area contributed by atoms with Gasteiger partial charge in [-0.05, 0) is 12.8 Å². The standard InChI is InChI=1S/C14H14N2O2/c17-13-9-11(10-5-2-1-3-6-10)15-14(16-13)12-7-4-8-18-12/h1-3,5-6,9,12H,4,7-8H2,(H,15,16,17). The highest BCUT2D eigenvalue weighted by atomic mass is 16.5.